The Balaban J connectivity index is 2.28. The Hall–Kier alpha value is -1.27. The summed E-state index contributed by atoms with van der Waals surface area (Å²) in [6.45, 7) is 0.216. The first-order valence-electron chi connectivity index (χ1n) is 6.06. The molecule has 4 nitrogen and oxygen atoms in total. The molecule has 0 aliphatic heterocycles. The van der Waals surface area contributed by atoms with Gasteiger partial charge in [-0.25, -0.2) is 8.42 Å². The van der Waals surface area contributed by atoms with E-state index in [0.29, 0.717) is 10.7 Å². The lowest BCUT2D eigenvalue weighted by Crippen LogP contribution is -2.26. The van der Waals surface area contributed by atoms with Gasteiger partial charge < -0.3 is 5.73 Å². The average molecular weight is 345 g/mol. The largest absolute Gasteiger partial charge is 0.399 e. The molecule has 0 spiro atoms. The van der Waals surface area contributed by atoms with Gasteiger partial charge in [-0.1, -0.05) is 35.3 Å². The maximum Gasteiger partial charge on any atom is 0.243 e. The van der Waals surface area contributed by atoms with E-state index in [2.05, 4.69) is 0 Å². The molecule has 0 aliphatic carbocycles. The van der Waals surface area contributed by atoms with Crippen molar-refractivity contribution in [2.24, 2.45) is 0 Å². The van der Waals surface area contributed by atoms with E-state index in [1.165, 1.54) is 29.6 Å². The molecule has 112 valence electrons. The summed E-state index contributed by atoms with van der Waals surface area (Å²) in [6.07, 6.45) is 0. The Morgan fingerprint density at radius 3 is 2.43 bits per heavy atom. The van der Waals surface area contributed by atoms with Crippen molar-refractivity contribution < 1.29 is 8.42 Å². The Bertz CT molecular complexity index is 763. The van der Waals surface area contributed by atoms with E-state index in [0.717, 1.165) is 5.56 Å². The molecule has 21 heavy (non-hydrogen) atoms. The number of hydrogen-bond donors (Lipinski definition) is 1. The molecular weight excluding hydrogens is 331 g/mol. The number of halogens is 2. The fraction of sp³-hybridized carbons (Fsp3) is 0.143. The molecule has 0 radical (unpaired) electrons. The smallest absolute Gasteiger partial charge is 0.243 e. The average Bonchev–Trinajstić information content (AvgIpc) is 2.41. The molecule has 0 fully saturated rings. The topological polar surface area (TPSA) is 63.4 Å². The van der Waals surface area contributed by atoms with E-state index in [1.807, 2.05) is 6.07 Å². The predicted molar refractivity (Wildman–Crippen MR) is 86.0 cm³/mol. The minimum Gasteiger partial charge on any atom is -0.399 e. The third kappa shape index (κ3) is 3.68. The molecule has 0 heterocycles. The highest BCUT2D eigenvalue weighted by atomic mass is 35.5. The van der Waals surface area contributed by atoms with Crippen LogP contribution in [-0.4, -0.2) is 19.8 Å². The first-order chi connectivity index (χ1) is 9.80. The first kappa shape index (κ1) is 16.1. The Kier molecular flexibility index (Phi) is 4.78. The molecular formula is C14H14Cl2N2O2S. The summed E-state index contributed by atoms with van der Waals surface area (Å²) < 4.78 is 26.2. The van der Waals surface area contributed by atoms with Crippen LogP contribution >= 0.6 is 23.2 Å². The van der Waals surface area contributed by atoms with Crippen LogP contribution in [-0.2, 0) is 16.6 Å². The van der Waals surface area contributed by atoms with Crippen LogP contribution in [0.2, 0.25) is 10.0 Å². The first-order valence-corrected chi connectivity index (χ1v) is 8.26. The second kappa shape index (κ2) is 6.23. The third-order valence-corrected chi connectivity index (χ3v) is 5.49. The predicted octanol–water partition coefficient (Wildman–Crippen LogP) is 3.40. The molecule has 2 aromatic carbocycles. The molecule has 2 N–H and O–H groups in total. The number of nitrogen functional groups attached to an aromatic ring is 1. The molecule has 7 heteroatoms. The van der Waals surface area contributed by atoms with E-state index < -0.39 is 10.0 Å². The lowest BCUT2D eigenvalue weighted by atomic mass is 10.2. The van der Waals surface area contributed by atoms with Gasteiger partial charge >= 0.3 is 0 Å². The summed E-state index contributed by atoms with van der Waals surface area (Å²) in [5, 5.41) is 0.518. The van der Waals surface area contributed by atoms with Gasteiger partial charge in [0.1, 0.15) is 0 Å². The van der Waals surface area contributed by atoms with Crippen molar-refractivity contribution in [2.45, 2.75) is 11.4 Å². The van der Waals surface area contributed by atoms with Gasteiger partial charge in [0.15, 0.2) is 0 Å². The molecule has 0 bridgehead atoms. The van der Waals surface area contributed by atoms with Crippen molar-refractivity contribution in [3.63, 3.8) is 0 Å². The fourth-order valence-electron chi connectivity index (χ4n) is 1.85. The molecule has 2 aromatic rings. The maximum absolute atomic E-state index is 12.5. The van der Waals surface area contributed by atoms with Crippen LogP contribution in [0, 0.1) is 0 Å². The minimum atomic E-state index is -3.64. The van der Waals surface area contributed by atoms with E-state index in [1.54, 1.807) is 18.2 Å². The number of nitrogens with zero attached hydrogens (tertiary/aromatic N) is 1. The highest BCUT2D eigenvalue weighted by Crippen LogP contribution is 2.26. The second-order valence-electron chi connectivity index (χ2n) is 4.58. The van der Waals surface area contributed by atoms with Crippen LogP contribution in [0.15, 0.2) is 47.4 Å². The van der Waals surface area contributed by atoms with E-state index in [4.69, 9.17) is 28.9 Å². The summed E-state index contributed by atoms with van der Waals surface area (Å²) in [5.41, 5.74) is 7.09. The highest BCUT2D eigenvalue weighted by molar-refractivity contribution is 7.89. The summed E-state index contributed by atoms with van der Waals surface area (Å²) in [6, 6.07) is 11.3. The SMILES string of the molecule is CN(Cc1cccc(N)c1)S(=O)(=O)c1ccc(Cl)c(Cl)c1. The summed E-state index contributed by atoms with van der Waals surface area (Å²) in [4.78, 5) is 0.100. The Morgan fingerprint density at radius 2 is 1.81 bits per heavy atom. The van der Waals surface area contributed by atoms with Crippen molar-refractivity contribution in [3.05, 3.63) is 58.1 Å². The van der Waals surface area contributed by atoms with E-state index in [9.17, 15) is 8.42 Å². The molecule has 0 aliphatic rings. The lowest BCUT2D eigenvalue weighted by Gasteiger charge is -2.18. The third-order valence-electron chi connectivity index (χ3n) is 2.96. The van der Waals surface area contributed by atoms with Gasteiger partial charge in [0.05, 0.1) is 14.9 Å². The summed E-state index contributed by atoms with van der Waals surface area (Å²) >= 11 is 11.7. The summed E-state index contributed by atoms with van der Waals surface area (Å²) in [5.74, 6) is 0. The van der Waals surface area contributed by atoms with Crippen LogP contribution in [0.3, 0.4) is 0 Å². The number of sulfonamides is 1. The van der Waals surface area contributed by atoms with E-state index in [-0.39, 0.29) is 16.5 Å². The monoisotopic (exact) mass is 344 g/mol. The molecule has 0 aromatic heterocycles. The number of benzene rings is 2. The number of rotatable bonds is 4. The van der Waals surface area contributed by atoms with Gasteiger partial charge in [-0.05, 0) is 35.9 Å². The Labute approximate surface area is 134 Å². The second-order valence-corrected chi connectivity index (χ2v) is 7.44. The number of nitrogens with two attached hydrogens (primary N) is 1. The van der Waals surface area contributed by atoms with Crippen molar-refractivity contribution in [1.29, 1.82) is 0 Å². The number of anilines is 1. The highest BCUT2D eigenvalue weighted by Gasteiger charge is 2.21. The number of hydrogen-bond acceptors (Lipinski definition) is 3. The van der Waals surface area contributed by atoms with Crippen molar-refractivity contribution in [3.8, 4) is 0 Å². The standard InChI is InChI=1S/C14H14Cl2N2O2S/c1-18(9-10-3-2-4-11(17)7-10)21(19,20)12-5-6-13(15)14(16)8-12/h2-8H,9,17H2,1H3. The normalized spacial score (nSPS) is 11.8. The van der Waals surface area contributed by atoms with Crippen LogP contribution in [0.25, 0.3) is 0 Å². The van der Waals surface area contributed by atoms with Gasteiger partial charge in [-0.15, -0.1) is 0 Å². The van der Waals surface area contributed by atoms with Gasteiger partial charge in [0.2, 0.25) is 10.0 Å². The zero-order valence-corrected chi connectivity index (χ0v) is 13.6. The fourth-order valence-corrected chi connectivity index (χ4v) is 3.40. The zero-order valence-electron chi connectivity index (χ0n) is 11.3. The minimum absolute atomic E-state index is 0.100. The van der Waals surface area contributed by atoms with Gasteiger partial charge in [-0.3, -0.25) is 0 Å². The zero-order chi connectivity index (χ0) is 15.6. The van der Waals surface area contributed by atoms with Gasteiger partial charge in [0.25, 0.3) is 0 Å². The van der Waals surface area contributed by atoms with Crippen LogP contribution in [0.5, 0.6) is 0 Å². The van der Waals surface area contributed by atoms with Gasteiger partial charge in [-0.2, -0.15) is 4.31 Å². The molecule has 0 unspecified atom stereocenters. The molecule has 2 rings (SSSR count). The van der Waals surface area contributed by atoms with E-state index >= 15 is 0 Å². The van der Waals surface area contributed by atoms with Gasteiger partial charge in [0, 0.05) is 19.3 Å². The van der Waals surface area contributed by atoms with Crippen molar-refractivity contribution in [2.75, 3.05) is 12.8 Å². The molecule has 0 saturated heterocycles. The molecule has 0 atom stereocenters. The quantitative estimate of drug-likeness (QED) is 0.864. The lowest BCUT2D eigenvalue weighted by molar-refractivity contribution is 0.467. The molecule has 0 saturated carbocycles. The molecule has 0 amide bonds. The van der Waals surface area contributed by atoms with Crippen LogP contribution < -0.4 is 5.73 Å². The van der Waals surface area contributed by atoms with Crippen molar-refractivity contribution in [1.82, 2.24) is 4.31 Å². The van der Waals surface area contributed by atoms with Crippen LogP contribution in [0.1, 0.15) is 5.56 Å². The van der Waals surface area contributed by atoms with Crippen LogP contribution in [0.4, 0.5) is 5.69 Å². The van der Waals surface area contributed by atoms with Crippen molar-refractivity contribution >= 4 is 38.9 Å². The maximum atomic E-state index is 12.5. The summed E-state index contributed by atoms with van der Waals surface area (Å²) in [7, 11) is -2.14. The Morgan fingerprint density at radius 1 is 1.10 bits per heavy atom.